The van der Waals surface area contributed by atoms with Crippen molar-refractivity contribution >= 4 is 27.4 Å². The van der Waals surface area contributed by atoms with Crippen LogP contribution >= 0.6 is 15.9 Å². The van der Waals surface area contributed by atoms with Crippen LogP contribution in [0.25, 0.3) is 0 Å². The molecule has 20 heavy (non-hydrogen) atoms. The van der Waals surface area contributed by atoms with Crippen LogP contribution in [0.1, 0.15) is 16.8 Å². The summed E-state index contributed by atoms with van der Waals surface area (Å²) in [4.78, 5) is 21.9. The first-order chi connectivity index (χ1) is 9.49. The summed E-state index contributed by atoms with van der Waals surface area (Å²) in [5.41, 5.74) is 0.0544. The molecule has 6 heteroatoms. The van der Waals surface area contributed by atoms with Crippen LogP contribution in [0.2, 0.25) is 0 Å². The maximum Gasteiger partial charge on any atom is 0.312 e. The van der Waals surface area contributed by atoms with Crippen LogP contribution in [0.3, 0.4) is 0 Å². The predicted octanol–water partition coefficient (Wildman–Crippen LogP) is 3.14. The number of nitrogens with zero attached hydrogens (tertiary/aromatic N) is 1. The third-order valence-corrected chi connectivity index (χ3v) is 3.06. The summed E-state index contributed by atoms with van der Waals surface area (Å²) in [6.07, 6.45) is 6.17. The number of carbonyl (C=O) groups excluding carboxylic acids is 1. The van der Waals surface area contributed by atoms with Crippen molar-refractivity contribution in [3.63, 3.8) is 0 Å². The highest BCUT2D eigenvalue weighted by atomic mass is 79.9. The van der Waals surface area contributed by atoms with Gasteiger partial charge in [-0.15, -0.1) is 0 Å². The van der Waals surface area contributed by atoms with E-state index in [1.165, 1.54) is 6.07 Å². The zero-order valence-electron chi connectivity index (χ0n) is 10.1. The van der Waals surface area contributed by atoms with Gasteiger partial charge < -0.3 is 5.11 Å². The Morgan fingerprint density at radius 3 is 2.80 bits per heavy atom. The van der Waals surface area contributed by atoms with Gasteiger partial charge in [-0.2, -0.15) is 0 Å². The fourth-order valence-electron chi connectivity index (χ4n) is 1.64. The van der Waals surface area contributed by atoms with Crippen molar-refractivity contribution in [2.75, 3.05) is 0 Å². The van der Waals surface area contributed by atoms with Crippen molar-refractivity contribution in [2.24, 2.45) is 0 Å². The Hall–Kier alpha value is -2.39. The highest BCUT2D eigenvalue weighted by Gasteiger charge is 2.21. The lowest BCUT2D eigenvalue weighted by molar-refractivity contribution is -0.386. The normalized spacial score (nSPS) is 12.6. The standard InChI is InChI=1S/C14H8BrNO4/c15-10-7-11(14(18)12(8-10)16(19)20)13(17)6-5-9-3-1-2-4-9/h1-3,7-8,18H,4H2. The minimum atomic E-state index is -0.756. The number of rotatable bonds is 2. The topological polar surface area (TPSA) is 80.4 Å². The molecule has 0 saturated carbocycles. The van der Waals surface area contributed by atoms with Gasteiger partial charge in [0, 0.05) is 16.1 Å². The van der Waals surface area contributed by atoms with Gasteiger partial charge in [-0.25, -0.2) is 0 Å². The largest absolute Gasteiger partial charge is 0.502 e. The number of phenols is 1. The molecule has 0 saturated heterocycles. The molecule has 0 aliphatic heterocycles. The van der Waals surface area contributed by atoms with Crippen molar-refractivity contribution in [1.82, 2.24) is 0 Å². The monoisotopic (exact) mass is 333 g/mol. The summed E-state index contributed by atoms with van der Waals surface area (Å²) in [7, 11) is 0. The van der Waals surface area contributed by atoms with Crippen LogP contribution in [0, 0.1) is 22.0 Å². The SMILES string of the molecule is O=C(C#CC1=CC=CC1)c1cc(Br)cc([N+](=O)[O-])c1O. The number of hydrogen-bond donors (Lipinski definition) is 1. The maximum absolute atomic E-state index is 11.9. The summed E-state index contributed by atoms with van der Waals surface area (Å²) >= 11 is 3.06. The van der Waals surface area contributed by atoms with Gasteiger partial charge >= 0.3 is 5.69 Å². The van der Waals surface area contributed by atoms with Crippen molar-refractivity contribution < 1.29 is 14.8 Å². The van der Waals surface area contributed by atoms with E-state index in [4.69, 9.17) is 0 Å². The number of aromatic hydroxyl groups is 1. The summed E-state index contributed by atoms with van der Waals surface area (Å²) in [6.45, 7) is 0. The molecule has 1 aliphatic carbocycles. The third-order valence-electron chi connectivity index (χ3n) is 2.60. The summed E-state index contributed by atoms with van der Waals surface area (Å²) < 4.78 is 0.328. The second kappa shape index (κ2) is 5.72. The van der Waals surface area contributed by atoms with Crippen molar-refractivity contribution in [2.45, 2.75) is 6.42 Å². The first-order valence-corrected chi connectivity index (χ1v) is 6.37. The number of nitro benzene ring substituents is 1. The quantitative estimate of drug-likeness (QED) is 0.296. The summed E-state index contributed by atoms with van der Waals surface area (Å²) in [5, 5.41) is 20.5. The minimum Gasteiger partial charge on any atom is -0.502 e. The second-order valence-corrected chi connectivity index (χ2v) is 4.90. The van der Waals surface area contributed by atoms with Gasteiger partial charge in [-0.3, -0.25) is 14.9 Å². The molecule has 1 aromatic carbocycles. The zero-order valence-corrected chi connectivity index (χ0v) is 11.7. The number of Topliss-reactive ketones (excluding diaryl/α,β-unsaturated/α-hetero) is 1. The Morgan fingerprint density at radius 1 is 1.45 bits per heavy atom. The average Bonchev–Trinajstić information content (AvgIpc) is 2.91. The Bertz CT molecular complexity index is 723. The first kappa shape index (κ1) is 14.0. The van der Waals surface area contributed by atoms with E-state index in [-0.39, 0.29) is 5.56 Å². The lowest BCUT2D eigenvalue weighted by Crippen LogP contribution is -1.99. The lowest BCUT2D eigenvalue weighted by atomic mass is 10.1. The van der Waals surface area contributed by atoms with Crippen LogP contribution in [0.15, 0.2) is 40.4 Å². The van der Waals surface area contributed by atoms with Crippen LogP contribution in [-0.2, 0) is 0 Å². The van der Waals surface area contributed by atoms with E-state index >= 15 is 0 Å². The van der Waals surface area contributed by atoms with Crippen molar-refractivity contribution in [3.8, 4) is 17.6 Å². The molecule has 0 fully saturated rings. The van der Waals surface area contributed by atoms with E-state index in [2.05, 4.69) is 27.8 Å². The first-order valence-electron chi connectivity index (χ1n) is 5.58. The van der Waals surface area contributed by atoms with Crippen LogP contribution < -0.4 is 0 Å². The second-order valence-electron chi connectivity index (χ2n) is 3.98. The molecule has 5 nitrogen and oxygen atoms in total. The Morgan fingerprint density at radius 2 is 2.20 bits per heavy atom. The number of nitro groups is 1. The fourth-order valence-corrected chi connectivity index (χ4v) is 2.09. The average molecular weight is 334 g/mol. The number of allylic oxidation sites excluding steroid dienone is 4. The van der Waals surface area contributed by atoms with Crippen molar-refractivity contribution in [1.29, 1.82) is 0 Å². The summed E-state index contributed by atoms with van der Waals surface area (Å²) in [5.74, 6) is 3.72. The van der Waals surface area contributed by atoms with Crippen LogP contribution in [0.4, 0.5) is 5.69 Å². The van der Waals surface area contributed by atoms with Gasteiger partial charge in [0.1, 0.15) is 0 Å². The highest BCUT2D eigenvalue weighted by molar-refractivity contribution is 9.10. The van der Waals surface area contributed by atoms with Crippen molar-refractivity contribution in [3.05, 3.63) is 56.1 Å². The highest BCUT2D eigenvalue weighted by Crippen LogP contribution is 2.33. The van der Waals surface area contributed by atoms with E-state index in [1.807, 2.05) is 12.2 Å². The van der Waals surface area contributed by atoms with Gasteiger partial charge in [0.25, 0.3) is 0 Å². The van der Waals surface area contributed by atoms with E-state index in [0.717, 1.165) is 11.6 Å². The van der Waals surface area contributed by atoms with Gasteiger partial charge in [0.15, 0.2) is 0 Å². The van der Waals surface area contributed by atoms with Gasteiger partial charge in [0.05, 0.1) is 10.5 Å². The molecule has 0 unspecified atom stereocenters. The smallest absolute Gasteiger partial charge is 0.312 e. The van der Waals surface area contributed by atoms with Crippen LogP contribution in [-0.4, -0.2) is 15.8 Å². The molecular formula is C14H8BrNO4. The molecule has 0 aromatic heterocycles. The predicted molar refractivity (Wildman–Crippen MR) is 76.4 cm³/mol. The van der Waals surface area contributed by atoms with E-state index in [1.54, 1.807) is 6.08 Å². The molecule has 2 rings (SSSR count). The summed E-state index contributed by atoms with van der Waals surface area (Å²) in [6, 6.07) is 2.43. The molecule has 1 aromatic rings. The number of halogens is 1. The number of benzene rings is 1. The maximum atomic E-state index is 11.9. The molecule has 1 aliphatic rings. The molecule has 100 valence electrons. The number of phenolic OH excluding ortho intramolecular Hbond substituents is 1. The molecule has 0 atom stereocenters. The Labute approximate surface area is 122 Å². The van der Waals surface area contributed by atoms with E-state index in [9.17, 15) is 20.0 Å². The molecule has 0 bridgehead atoms. The minimum absolute atomic E-state index is 0.190. The van der Waals surface area contributed by atoms with Crippen LogP contribution in [0.5, 0.6) is 5.75 Å². The van der Waals surface area contributed by atoms with E-state index < -0.39 is 22.1 Å². The molecule has 1 N–H and O–H groups in total. The lowest BCUT2D eigenvalue weighted by Gasteiger charge is -2.01. The molecule has 0 heterocycles. The van der Waals surface area contributed by atoms with E-state index in [0.29, 0.717) is 10.9 Å². The number of ketones is 1. The Kier molecular flexibility index (Phi) is 4.01. The van der Waals surface area contributed by atoms with Gasteiger partial charge in [-0.05, 0) is 18.4 Å². The van der Waals surface area contributed by atoms with Gasteiger partial charge in [-0.1, -0.05) is 40.1 Å². The number of hydrogen-bond acceptors (Lipinski definition) is 4. The molecule has 0 amide bonds. The molecule has 0 radical (unpaired) electrons. The molecule has 0 spiro atoms. The van der Waals surface area contributed by atoms with Gasteiger partial charge in [0.2, 0.25) is 11.5 Å². The Balaban J connectivity index is 2.37. The number of carbonyl (C=O) groups is 1. The third kappa shape index (κ3) is 2.95. The molecular weight excluding hydrogens is 326 g/mol. The zero-order chi connectivity index (χ0) is 14.7. The fraction of sp³-hybridized carbons (Fsp3) is 0.0714.